The molecule has 2 amide bonds. The van der Waals surface area contributed by atoms with Crippen molar-refractivity contribution in [2.24, 2.45) is 12.5 Å². The van der Waals surface area contributed by atoms with Crippen LogP contribution in [0, 0.1) is 16.7 Å². The van der Waals surface area contributed by atoms with Crippen molar-refractivity contribution in [3.8, 4) is 6.07 Å². The minimum Gasteiger partial charge on any atom is -0.427 e. The summed E-state index contributed by atoms with van der Waals surface area (Å²) in [7, 11) is 2.96. The highest BCUT2D eigenvalue weighted by atomic mass is 32.2. The Bertz CT molecular complexity index is 1180. The van der Waals surface area contributed by atoms with Gasteiger partial charge in [0.1, 0.15) is 11.1 Å². The van der Waals surface area contributed by atoms with Gasteiger partial charge in [-0.1, -0.05) is 11.8 Å². The zero-order valence-corrected chi connectivity index (χ0v) is 23.8. The van der Waals surface area contributed by atoms with E-state index in [0.717, 1.165) is 11.8 Å². The van der Waals surface area contributed by atoms with Gasteiger partial charge < -0.3 is 19.5 Å². The molecule has 0 spiro atoms. The highest BCUT2D eigenvalue weighted by molar-refractivity contribution is 8.01. The van der Waals surface area contributed by atoms with E-state index in [1.807, 2.05) is 6.07 Å². The number of methoxy groups -OCH3 is 1. The van der Waals surface area contributed by atoms with Gasteiger partial charge in [-0.3, -0.25) is 19.3 Å². The van der Waals surface area contributed by atoms with Crippen molar-refractivity contribution < 1.29 is 33.4 Å². The molecular formula is C21H27N7O7S3. The number of fused-ring (bicyclic) bond motifs is 1. The van der Waals surface area contributed by atoms with Gasteiger partial charge in [0, 0.05) is 25.7 Å². The van der Waals surface area contributed by atoms with Crippen LogP contribution in [0.3, 0.4) is 0 Å². The first-order chi connectivity index (χ1) is 18.0. The van der Waals surface area contributed by atoms with E-state index in [9.17, 15) is 19.2 Å². The molecule has 1 saturated heterocycles. The van der Waals surface area contributed by atoms with E-state index in [2.05, 4.69) is 20.8 Å². The molecule has 0 unspecified atom stereocenters. The second kappa shape index (κ2) is 12.4. The van der Waals surface area contributed by atoms with E-state index in [4.69, 9.17) is 19.5 Å². The second-order valence-electron chi connectivity index (χ2n) is 9.03. The first-order valence-corrected chi connectivity index (χ1v) is 14.3. The molecule has 1 aromatic rings. The number of aromatic nitrogens is 4. The Morgan fingerprint density at radius 2 is 2.05 bits per heavy atom. The quantitative estimate of drug-likeness (QED) is 0.123. The van der Waals surface area contributed by atoms with Gasteiger partial charge >= 0.3 is 11.9 Å². The number of aryl methyl sites for hydroxylation is 1. The summed E-state index contributed by atoms with van der Waals surface area (Å²) in [4.78, 5) is 52.4. The molecule has 38 heavy (non-hydrogen) atoms. The minimum atomic E-state index is -1.69. The number of β-lactam (4-membered cyclic amide) rings is 1. The standard InChI is InChI=1S/C21H27N7O7S3/c1-20(2,3)18(32)35-11-34-15(30)14-12(9-38-19-24-25-26-27(19)4)8-37-17-21(33-5,16(31)28(14)17)23-13(29)10-36-7-6-22/h17H,7-11H2,1-5H3,(H,23,29)/t17-,21+/m1/s1. The maximum Gasteiger partial charge on any atom is 0.357 e. The zero-order chi connectivity index (χ0) is 28.1. The third-order valence-corrected chi connectivity index (χ3v) is 8.57. The molecule has 2 atom stereocenters. The molecule has 14 nitrogen and oxygen atoms in total. The maximum absolute atomic E-state index is 13.4. The molecule has 1 aromatic heterocycles. The molecule has 0 saturated carbocycles. The zero-order valence-electron chi connectivity index (χ0n) is 21.4. The van der Waals surface area contributed by atoms with Crippen molar-refractivity contribution in [3.05, 3.63) is 11.3 Å². The Balaban J connectivity index is 1.82. The molecule has 3 rings (SSSR count). The number of nitriles is 1. The molecule has 1 fully saturated rings. The number of esters is 2. The highest BCUT2D eigenvalue weighted by Crippen LogP contribution is 2.47. The van der Waals surface area contributed by atoms with Crippen molar-refractivity contribution in [1.29, 1.82) is 5.26 Å². The fraction of sp³-hybridized carbons (Fsp3) is 0.619. The second-order valence-corrected chi connectivity index (χ2v) is 12.0. The highest BCUT2D eigenvalue weighted by Gasteiger charge is 2.66. The van der Waals surface area contributed by atoms with Crippen molar-refractivity contribution in [2.75, 3.05) is 36.9 Å². The molecule has 206 valence electrons. The van der Waals surface area contributed by atoms with Crippen LogP contribution in [-0.4, -0.2) is 96.9 Å². The molecule has 0 aromatic carbocycles. The molecule has 3 heterocycles. The first kappa shape index (κ1) is 29.7. The summed E-state index contributed by atoms with van der Waals surface area (Å²) in [6.07, 6.45) is 0. The Kier molecular flexibility index (Phi) is 9.68. The third kappa shape index (κ3) is 6.25. The lowest BCUT2D eigenvalue weighted by Crippen LogP contribution is -2.80. The average Bonchev–Trinajstić information content (AvgIpc) is 3.29. The minimum absolute atomic E-state index is 0.0195. The van der Waals surface area contributed by atoms with Gasteiger partial charge in [0.25, 0.3) is 11.6 Å². The fourth-order valence-electron chi connectivity index (χ4n) is 3.39. The number of ether oxygens (including phenoxy) is 3. The Morgan fingerprint density at radius 3 is 2.66 bits per heavy atom. The van der Waals surface area contributed by atoms with E-state index in [1.165, 1.54) is 40.2 Å². The van der Waals surface area contributed by atoms with E-state index in [1.54, 1.807) is 27.8 Å². The fourth-order valence-corrected chi connectivity index (χ4v) is 6.27. The average molecular weight is 586 g/mol. The van der Waals surface area contributed by atoms with Crippen LogP contribution in [-0.2, 0) is 40.4 Å². The lowest BCUT2D eigenvalue weighted by molar-refractivity contribution is -0.194. The number of nitrogens with one attached hydrogen (secondary N) is 1. The summed E-state index contributed by atoms with van der Waals surface area (Å²) in [6, 6.07) is 1.93. The summed E-state index contributed by atoms with van der Waals surface area (Å²) < 4.78 is 17.2. The number of hydrogen-bond acceptors (Lipinski definition) is 14. The summed E-state index contributed by atoms with van der Waals surface area (Å²) in [5.74, 6) is -1.91. The van der Waals surface area contributed by atoms with Crippen LogP contribution in [0.1, 0.15) is 20.8 Å². The molecule has 0 bridgehead atoms. The van der Waals surface area contributed by atoms with E-state index < -0.39 is 47.1 Å². The molecule has 17 heteroatoms. The number of amides is 2. The Hall–Kier alpha value is -2.81. The normalized spacial score (nSPS) is 20.8. The van der Waals surface area contributed by atoms with E-state index in [0.29, 0.717) is 16.5 Å². The van der Waals surface area contributed by atoms with Gasteiger partial charge in [0.15, 0.2) is 0 Å². The smallest absolute Gasteiger partial charge is 0.357 e. The summed E-state index contributed by atoms with van der Waals surface area (Å²) >= 11 is 3.67. The molecule has 1 N–H and O–H groups in total. The molecular weight excluding hydrogens is 558 g/mol. The predicted molar refractivity (Wildman–Crippen MR) is 137 cm³/mol. The van der Waals surface area contributed by atoms with Gasteiger partial charge in [0.05, 0.1) is 23.0 Å². The van der Waals surface area contributed by atoms with Crippen molar-refractivity contribution in [1.82, 2.24) is 30.4 Å². The summed E-state index contributed by atoms with van der Waals surface area (Å²) in [5.41, 5.74) is -1.93. The molecule has 2 aliphatic rings. The van der Waals surface area contributed by atoms with Crippen molar-refractivity contribution in [3.63, 3.8) is 0 Å². The number of carbonyl (C=O) groups is 4. The largest absolute Gasteiger partial charge is 0.427 e. The predicted octanol–water partition coefficient (Wildman–Crippen LogP) is 0.277. The number of hydrogen-bond donors (Lipinski definition) is 1. The van der Waals surface area contributed by atoms with E-state index >= 15 is 0 Å². The van der Waals surface area contributed by atoms with Crippen LogP contribution in [0.2, 0.25) is 0 Å². The van der Waals surface area contributed by atoms with Crippen LogP contribution >= 0.6 is 35.3 Å². The third-order valence-electron chi connectivity index (χ3n) is 5.30. The number of nitrogens with zero attached hydrogens (tertiary/aromatic N) is 6. The van der Waals surface area contributed by atoms with E-state index in [-0.39, 0.29) is 23.0 Å². The summed E-state index contributed by atoms with van der Waals surface area (Å²) in [5, 5.41) is 22.3. The van der Waals surface area contributed by atoms with Crippen LogP contribution in [0.4, 0.5) is 0 Å². The van der Waals surface area contributed by atoms with Gasteiger partial charge in [-0.15, -0.1) is 28.6 Å². The van der Waals surface area contributed by atoms with Gasteiger partial charge in [-0.05, 0) is 36.8 Å². The van der Waals surface area contributed by atoms with Gasteiger partial charge in [-0.25, -0.2) is 9.48 Å². The monoisotopic (exact) mass is 585 g/mol. The lowest BCUT2D eigenvalue weighted by atomic mass is 9.98. The number of rotatable bonds is 11. The lowest BCUT2D eigenvalue weighted by Gasteiger charge is -2.56. The Labute approximate surface area is 231 Å². The maximum atomic E-state index is 13.4. The topological polar surface area (TPSA) is 179 Å². The number of tetrazole rings is 1. The summed E-state index contributed by atoms with van der Waals surface area (Å²) in [6.45, 7) is 4.36. The van der Waals surface area contributed by atoms with Crippen LogP contribution < -0.4 is 5.32 Å². The number of carbonyl (C=O) groups excluding carboxylic acids is 4. The SMILES string of the molecule is CO[C@@]1(NC(=O)CSCC#N)C(=O)N2C(C(=O)OCOC(=O)C(C)(C)C)=C(CSc3nnnn3C)CS[C@@H]21. The van der Waals surface area contributed by atoms with Crippen molar-refractivity contribution in [2.45, 2.75) is 37.0 Å². The van der Waals surface area contributed by atoms with Crippen LogP contribution in [0.15, 0.2) is 16.4 Å². The van der Waals surface area contributed by atoms with Crippen molar-refractivity contribution >= 4 is 59.0 Å². The van der Waals surface area contributed by atoms with Crippen LogP contribution in [0.5, 0.6) is 0 Å². The molecule has 2 aliphatic heterocycles. The number of thioether (sulfide) groups is 3. The van der Waals surface area contributed by atoms with Gasteiger partial charge in [-0.2, -0.15) is 5.26 Å². The Morgan fingerprint density at radius 1 is 1.32 bits per heavy atom. The molecule has 0 aliphatic carbocycles. The van der Waals surface area contributed by atoms with Crippen LogP contribution in [0.25, 0.3) is 0 Å². The van der Waals surface area contributed by atoms with Gasteiger partial charge in [0.2, 0.25) is 17.9 Å². The molecule has 0 radical (unpaired) electrons. The first-order valence-electron chi connectivity index (χ1n) is 11.1.